The smallest absolute Gasteiger partial charge is 0.255 e. The fourth-order valence-corrected chi connectivity index (χ4v) is 2.56. The predicted octanol–water partition coefficient (Wildman–Crippen LogP) is 1.64. The molecule has 0 radical (unpaired) electrons. The fraction of sp³-hybridized carbons (Fsp3) is 0.350. The van der Waals surface area contributed by atoms with E-state index in [9.17, 15) is 14.4 Å². The Morgan fingerprint density at radius 2 is 1.69 bits per heavy atom. The zero-order valence-corrected chi connectivity index (χ0v) is 15.5. The lowest BCUT2D eigenvalue weighted by Crippen LogP contribution is -2.33. The average Bonchev–Trinajstić information content (AvgIpc) is 2.63. The first kappa shape index (κ1) is 19.4. The third kappa shape index (κ3) is 5.31. The number of carbonyl (C=O) groups is 2. The monoisotopic (exact) mass is 355 g/mol. The largest absolute Gasteiger partial charge is 0.347 e. The van der Waals surface area contributed by atoms with Gasteiger partial charge in [-0.2, -0.15) is 0 Å². The second kappa shape index (κ2) is 8.99. The van der Waals surface area contributed by atoms with E-state index >= 15 is 0 Å². The highest BCUT2D eigenvalue weighted by molar-refractivity contribution is 5.93. The maximum Gasteiger partial charge on any atom is 0.255 e. The minimum atomic E-state index is -0.302. The number of rotatable bonds is 7. The van der Waals surface area contributed by atoms with Gasteiger partial charge in [-0.3, -0.25) is 14.4 Å². The number of benzene rings is 1. The van der Waals surface area contributed by atoms with Gasteiger partial charge in [0.15, 0.2) is 0 Å². The molecule has 0 saturated heterocycles. The molecular weight excluding hydrogens is 330 g/mol. The lowest BCUT2D eigenvalue weighted by molar-refractivity contribution is -0.129. The van der Waals surface area contributed by atoms with Gasteiger partial charge in [-0.25, -0.2) is 0 Å². The van der Waals surface area contributed by atoms with Gasteiger partial charge < -0.3 is 14.4 Å². The van der Waals surface area contributed by atoms with Crippen LogP contribution in [-0.4, -0.2) is 53.9 Å². The van der Waals surface area contributed by atoms with Gasteiger partial charge in [0.2, 0.25) is 5.91 Å². The Bertz CT molecular complexity index is 813. The van der Waals surface area contributed by atoms with Crippen LogP contribution in [0.5, 0.6) is 0 Å². The fourth-order valence-electron chi connectivity index (χ4n) is 2.56. The van der Waals surface area contributed by atoms with Gasteiger partial charge in [0.1, 0.15) is 6.54 Å². The van der Waals surface area contributed by atoms with Crippen molar-refractivity contribution in [1.82, 2.24) is 14.4 Å². The molecule has 0 aliphatic rings. The summed E-state index contributed by atoms with van der Waals surface area (Å²) in [6.45, 7) is 0.536. The van der Waals surface area contributed by atoms with Crippen LogP contribution in [0.2, 0.25) is 0 Å². The van der Waals surface area contributed by atoms with Gasteiger partial charge >= 0.3 is 0 Å². The molecule has 0 bridgehead atoms. The Morgan fingerprint density at radius 1 is 1.00 bits per heavy atom. The maximum atomic E-state index is 12.6. The Morgan fingerprint density at radius 3 is 2.35 bits per heavy atom. The minimum Gasteiger partial charge on any atom is -0.347 e. The molecule has 2 rings (SSSR count). The van der Waals surface area contributed by atoms with Crippen molar-refractivity contribution >= 4 is 11.8 Å². The third-order valence-electron chi connectivity index (χ3n) is 4.18. The second-order valence-electron chi connectivity index (χ2n) is 6.49. The number of likely N-dealkylation sites (N-methyl/N-ethyl adjacent to an activating group) is 1. The lowest BCUT2D eigenvalue weighted by atomic mass is 10.1. The summed E-state index contributed by atoms with van der Waals surface area (Å²) in [6.07, 6.45) is 3.21. The molecule has 0 spiro atoms. The van der Waals surface area contributed by atoms with Crippen molar-refractivity contribution < 1.29 is 9.59 Å². The van der Waals surface area contributed by atoms with E-state index in [0.717, 1.165) is 12.8 Å². The summed E-state index contributed by atoms with van der Waals surface area (Å²) < 4.78 is 1.27. The number of hydrogen-bond donors (Lipinski definition) is 0. The summed E-state index contributed by atoms with van der Waals surface area (Å²) in [5.74, 6) is -0.364. The molecule has 1 aromatic carbocycles. The zero-order chi connectivity index (χ0) is 19.1. The van der Waals surface area contributed by atoms with Crippen LogP contribution < -0.4 is 5.56 Å². The average molecular weight is 355 g/mol. The number of carbonyl (C=O) groups excluding carboxylic acids is 2. The van der Waals surface area contributed by atoms with Crippen molar-refractivity contribution in [2.45, 2.75) is 19.4 Å². The number of nitrogens with zero attached hydrogens (tertiary/aromatic N) is 3. The first-order valence-electron chi connectivity index (χ1n) is 8.58. The van der Waals surface area contributed by atoms with E-state index < -0.39 is 0 Å². The van der Waals surface area contributed by atoms with Crippen molar-refractivity contribution in [3.8, 4) is 0 Å². The van der Waals surface area contributed by atoms with Gasteiger partial charge in [0.25, 0.3) is 11.5 Å². The molecule has 0 aliphatic heterocycles. The normalized spacial score (nSPS) is 10.4. The predicted molar refractivity (Wildman–Crippen MR) is 101 cm³/mol. The minimum absolute atomic E-state index is 0.0787. The molecule has 0 fully saturated rings. The molecule has 2 amide bonds. The molecule has 138 valence electrons. The van der Waals surface area contributed by atoms with E-state index in [1.54, 1.807) is 26.0 Å². The van der Waals surface area contributed by atoms with Gasteiger partial charge in [-0.15, -0.1) is 0 Å². The van der Waals surface area contributed by atoms with Crippen LogP contribution in [0, 0.1) is 0 Å². The highest BCUT2D eigenvalue weighted by Crippen LogP contribution is 2.06. The molecule has 0 unspecified atom stereocenters. The first-order chi connectivity index (χ1) is 12.4. The quantitative estimate of drug-likeness (QED) is 0.759. The molecule has 1 aromatic heterocycles. The van der Waals surface area contributed by atoms with Crippen LogP contribution in [0.25, 0.3) is 0 Å². The van der Waals surface area contributed by atoms with E-state index in [1.807, 2.05) is 18.2 Å². The van der Waals surface area contributed by atoms with Gasteiger partial charge in [0.05, 0.1) is 5.56 Å². The molecule has 26 heavy (non-hydrogen) atoms. The van der Waals surface area contributed by atoms with Crippen LogP contribution in [0.15, 0.2) is 53.5 Å². The van der Waals surface area contributed by atoms with Crippen molar-refractivity contribution in [3.05, 3.63) is 70.1 Å². The Kier molecular flexibility index (Phi) is 6.72. The van der Waals surface area contributed by atoms with Crippen molar-refractivity contribution in [1.29, 1.82) is 0 Å². The highest BCUT2D eigenvalue weighted by atomic mass is 16.2. The summed E-state index contributed by atoms with van der Waals surface area (Å²) in [5.41, 5.74) is 1.34. The number of pyridine rings is 1. The molecule has 0 aliphatic carbocycles. The van der Waals surface area contributed by atoms with E-state index in [2.05, 4.69) is 12.1 Å². The summed E-state index contributed by atoms with van der Waals surface area (Å²) in [4.78, 5) is 39.4. The third-order valence-corrected chi connectivity index (χ3v) is 4.18. The molecular formula is C20H25N3O3. The van der Waals surface area contributed by atoms with E-state index in [0.29, 0.717) is 12.1 Å². The summed E-state index contributed by atoms with van der Waals surface area (Å²) in [5, 5.41) is 0. The SMILES string of the molecule is CN(C)C(=O)Cn1cc(C(=O)N(C)CCCc2ccccc2)ccc1=O. The molecule has 0 N–H and O–H groups in total. The summed E-state index contributed by atoms with van der Waals surface area (Å²) in [7, 11) is 5.00. The second-order valence-corrected chi connectivity index (χ2v) is 6.49. The van der Waals surface area contributed by atoms with Gasteiger partial charge in [0, 0.05) is 40.0 Å². The van der Waals surface area contributed by atoms with E-state index in [4.69, 9.17) is 0 Å². The highest BCUT2D eigenvalue weighted by Gasteiger charge is 2.14. The van der Waals surface area contributed by atoms with Crippen LogP contribution in [0.3, 0.4) is 0 Å². The molecule has 6 heteroatoms. The number of hydrogen-bond acceptors (Lipinski definition) is 3. The van der Waals surface area contributed by atoms with Crippen LogP contribution >= 0.6 is 0 Å². The van der Waals surface area contributed by atoms with Crippen LogP contribution in [-0.2, 0) is 17.8 Å². The number of aryl methyl sites for hydroxylation is 1. The molecule has 0 atom stereocenters. The topological polar surface area (TPSA) is 62.6 Å². The molecule has 6 nitrogen and oxygen atoms in total. The maximum absolute atomic E-state index is 12.6. The summed E-state index contributed by atoms with van der Waals surface area (Å²) in [6, 6.07) is 13.0. The van der Waals surface area contributed by atoms with Crippen molar-refractivity contribution in [2.24, 2.45) is 0 Å². The van der Waals surface area contributed by atoms with Crippen LogP contribution in [0.1, 0.15) is 22.3 Å². The molecule has 2 aromatic rings. The van der Waals surface area contributed by atoms with Crippen LogP contribution in [0.4, 0.5) is 0 Å². The Hall–Kier alpha value is -2.89. The van der Waals surface area contributed by atoms with Gasteiger partial charge in [-0.1, -0.05) is 30.3 Å². The lowest BCUT2D eigenvalue weighted by Gasteiger charge is -2.18. The Labute approximate surface area is 153 Å². The van der Waals surface area contributed by atoms with E-state index in [-0.39, 0.29) is 23.9 Å². The summed E-state index contributed by atoms with van der Waals surface area (Å²) >= 11 is 0. The standard InChI is InChI=1S/C20H25N3O3/c1-21(2)19(25)15-23-14-17(11-12-18(23)24)20(26)22(3)13-7-10-16-8-5-4-6-9-16/h4-6,8-9,11-12,14H,7,10,13,15H2,1-3H3. The molecule has 1 heterocycles. The van der Waals surface area contributed by atoms with Crippen molar-refractivity contribution in [3.63, 3.8) is 0 Å². The number of aromatic nitrogens is 1. The number of amides is 2. The Balaban J connectivity index is 1.99. The van der Waals surface area contributed by atoms with Crippen molar-refractivity contribution in [2.75, 3.05) is 27.7 Å². The zero-order valence-electron chi connectivity index (χ0n) is 15.5. The van der Waals surface area contributed by atoms with E-state index in [1.165, 1.54) is 33.4 Å². The molecule has 0 saturated carbocycles. The van der Waals surface area contributed by atoms with Gasteiger partial charge in [-0.05, 0) is 24.5 Å². The first-order valence-corrected chi connectivity index (χ1v) is 8.58.